The second-order valence-electron chi connectivity index (χ2n) is 4.91. The number of carbonyl (C=O) groups is 1. The lowest BCUT2D eigenvalue weighted by Gasteiger charge is -2.21. The van der Waals surface area contributed by atoms with E-state index in [1.54, 1.807) is 38.0 Å². The maximum Gasteiger partial charge on any atom is 0.207 e. The van der Waals surface area contributed by atoms with Gasteiger partial charge in [-0.25, -0.2) is 0 Å². The van der Waals surface area contributed by atoms with Gasteiger partial charge < -0.3 is 9.47 Å². The van der Waals surface area contributed by atoms with E-state index >= 15 is 0 Å². The van der Waals surface area contributed by atoms with Gasteiger partial charge in [-0.2, -0.15) is 0 Å². The van der Waals surface area contributed by atoms with E-state index in [0.29, 0.717) is 22.8 Å². The normalized spacial score (nSPS) is 17.9. The number of hydrogen-bond donors (Lipinski definition) is 1. The van der Waals surface area contributed by atoms with Crippen LogP contribution in [0.25, 0.3) is 0 Å². The summed E-state index contributed by atoms with van der Waals surface area (Å²) in [5.41, 5.74) is 4.29. The van der Waals surface area contributed by atoms with E-state index < -0.39 is 10.9 Å². The third-order valence-electron chi connectivity index (χ3n) is 3.54. The van der Waals surface area contributed by atoms with Crippen molar-refractivity contribution in [1.29, 1.82) is 0 Å². The van der Waals surface area contributed by atoms with Crippen molar-refractivity contribution < 1.29 is 14.3 Å². The van der Waals surface area contributed by atoms with Crippen LogP contribution in [0, 0.1) is 0 Å². The van der Waals surface area contributed by atoms with Gasteiger partial charge in [-0.15, -0.1) is 10.9 Å². The number of fused-ring (bicyclic) bond motifs is 1. The zero-order valence-electron chi connectivity index (χ0n) is 12.4. The Balaban J connectivity index is 1.81. The monoisotopic (exact) mass is 315 g/mol. The summed E-state index contributed by atoms with van der Waals surface area (Å²) in [6, 6.07) is 13.2. The Kier molecular flexibility index (Phi) is 4.15. The first-order valence-corrected chi connectivity index (χ1v) is 8.47. The van der Waals surface area contributed by atoms with Crippen LogP contribution in [0.5, 0.6) is 11.5 Å². The van der Waals surface area contributed by atoms with E-state index in [2.05, 4.69) is 4.99 Å². The molecule has 22 heavy (non-hydrogen) atoms. The van der Waals surface area contributed by atoms with Crippen molar-refractivity contribution in [3.8, 4) is 11.5 Å². The van der Waals surface area contributed by atoms with Gasteiger partial charge in [-0.3, -0.25) is 9.79 Å². The number of rotatable bonds is 4. The Morgan fingerprint density at radius 3 is 2.36 bits per heavy atom. The highest BCUT2D eigenvalue weighted by atomic mass is 32.2. The van der Waals surface area contributed by atoms with Crippen LogP contribution in [0.3, 0.4) is 0 Å². The van der Waals surface area contributed by atoms with E-state index in [4.69, 9.17) is 9.47 Å². The molecule has 0 spiro atoms. The molecule has 5 heteroatoms. The molecule has 0 saturated heterocycles. The van der Waals surface area contributed by atoms with Crippen molar-refractivity contribution in [1.82, 2.24) is 0 Å². The predicted molar refractivity (Wildman–Crippen MR) is 91.2 cm³/mol. The molecule has 0 amide bonds. The van der Waals surface area contributed by atoms with Gasteiger partial charge in [-0.05, 0) is 29.8 Å². The van der Waals surface area contributed by atoms with Crippen molar-refractivity contribution in [2.75, 3.05) is 14.2 Å². The van der Waals surface area contributed by atoms with Crippen LogP contribution in [-0.4, -0.2) is 24.9 Å². The summed E-state index contributed by atoms with van der Waals surface area (Å²) >= 11 is 0. The fraction of sp³-hybridized carbons (Fsp3) is 0.176. The summed E-state index contributed by atoms with van der Waals surface area (Å²) in [6.07, 6.45) is 0. The summed E-state index contributed by atoms with van der Waals surface area (Å²) in [6.45, 7) is 0. The minimum Gasteiger partial charge on any atom is -0.497 e. The van der Waals surface area contributed by atoms with Crippen molar-refractivity contribution in [2.45, 2.75) is 5.75 Å². The zero-order chi connectivity index (χ0) is 15.5. The Labute approximate surface area is 132 Å². The Bertz CT molecular complexity index is 725. The second-order valence-corrected chi connectivity index (χ2v) is 6.80. The summed E-state index contributed by atoms with van der Waals surface area (Å²) in [5, 5.41) is 0.165. The third-order valence-corrected chi connectivity index (χ3v) is 5.41. The molecule has 2 aromatic rings. The highest BCUT2D eigenvalue weighted by molar-refractivity contribution is 8.39. The van der Waals surface area contributed by atoms with Crippen LogP contribution in [0.2, 0.25) is 0 Å². The number of methoxy groups -OCH3 is 2. The molecule has 1 heterocycles. The SMILES string of the molecule is COc1ccc(C[SH]2C=Nc3cc(OC)ccc3C2=O)cc1. The van der Waals surface area contributed by atoms with Crippen molar-refractivity contribution in [2.24, 2.45) is 4.99 Å². The molecule has 0 bridgehead atoms. The number of ether oxygens (including phenoxy) is 2. The van der Waals surface area contributed by atoms with E-state index in [9.17, 15) is 4.79 Å². The van der Waals surface area contributed by atoms with Crippen LogP contribution in [0.1, 0.15) is 15.9 Å². The Hall–Kier alpha value is -2.27. The molecule has 1 unspecified atom stereocenters. The molecule has 0 radical (unpaired) electrons. The van der Waals surface area contributed by atoms with E-state index in [1.807, 2.05) is 24.3 Å². The fourth-order valence-electron chi connectivity index (χ4n) is 2.31. The number of aliphatic imine (C=N–C) groups is 1. The van der Waals surface area contributed by atoms with Gasteiger partial charge in [-0.1, -0.05) is 12.1 Å². The first-order valence-electron chi connectivity index (χ1n) is 6.87. The number of nitrogens with zero attached hydrogens (tertiary/aromatic N) is 1. The molecule has 0 saturated carbocycles. The fourth-order valence-corrected chi connectivity index (χ4v) is 4.00. The minimum atomic E-state index is -0.936. The maximum absolute atomic E-state index is 12.6. The number of carbonyl (C=O) groups excluding carboxylic acids is 1. The van der Waals surface area contributed by atoms with Crippen molar-refractivity contribution in [3.05, 3.63) is 53.6 Å². The van der Waals surface area contributed by atoms with Crippen LogP contribution in [-0.2, 0) is 5.75 Å². The molecule has 2 aromatic carbocycles. The molecule has 0 aromatic heterocycles. The van der Waals surface area contributed by atoms with E-state index in [1.165, 1.54) is 0 Å². The third kappa shape index (κ3) is 2.85. The summed E-state index contributed by atoms with van der Waals surface area (Å²) in [5.74, 6) is 2.23. The molecule has 1 aliphatic heterocycles. The van der Waals surface area contributed by atoms with Gasteiger partial charge in [0.25, 0.3) is 0 Å². The first-order chi connectivity index (χ1) is 10.7. The molecule has 1 atom stereocenters. The van der Waals surface area contributed by atoms with Crippen LogP contribution in [0.15, 0.2) is 47.5 Å². The van der Waals surface area contributed by atoms with Gasteiger partial charge in [0.15, 0.2) is 0 Å². The molecule has 4 nitrogen and oxygen atoms in total. The largest absolute Gasteiger partial charge is 0.497 e. The predicted octanol–water partition coefficient (Wildman–Crippen LogP) is 3.72. The summed E-state index contributed by atoms with van der Waals surface area (Å²) in [4.78, 5) is 17.1. The van der Waals surface area contributed by atoms with Gasteiger partial charge in [0.1, 0.15) is 11.5 Å². The van der Waals surface area contributed by atoms with E-state index in [0.717, 1.165) is 11.3 Å². The van der Waals surface area contributed by atoms with Crippen LogP contribution < -0.4 is 9.47 Å². The first kappa shape index (κ1) is 14.7. The zero-order valence-corrected chi connectivity index (χ0v) is 13.3. The molecule has 0 fully saturated rings. The Morgan fingerprint density at radius 1 is 1.00 bits per heavy atom. The maximum atomic E-state index is 12.6. The molecular formula is C17H17NO3S. The van der Waals surface area contributed by atoms with Gasteiger partial charge >= 0.3 is 0 Å². The highest BCUT2D eigenvalue weighted by Crippen LogP contribution is 2.41. The topological polar surface area (TPSA) is 47.9 Å². The number of thiol groups is 1. The van der Waals surface area contributed by atoms with Gasteiger partial charge in [0.05, 0.1) is 25.5 Å². The van der Waals surface area contributed by atoms with Crippen molar-refractivity contribution in [3.63, 3.8) is 0 Å². The standard InChI is InChI=1S/C17H17NO3S/c1-20-13-5-3-12(4-6-13)10-22-11-18-16-9-14(21-2)7-8-15(16)17(22)19/h3-9,11,22H,10H2,1-2H3. The van der Waals surface area contributed by atoms with Gasteiger partial charge in [0.2, 0.25) is 5.12 Å². The van der Waals surface area contributed by atoms with Crippen molar-refractivity contribution >= 4 is 27.2 Å². The lowest BCUT2D eigenvalue weighted by atomic mass is 10.2. The molecule has 114 valence electrons. The number of hydrogen-bond acceptors (Lipinski definition) is 4. The highest BCUT2D eigenvalue weighted by Gasteiger charge is 2.22. The average molecular weight is 315 g/mol. The van der Waals surface area contributed by atoms with E-state index in [-0.39, 0.29) is 5.12 Å². The second kappa shape index (κ2) is 6.23. The Morgan fingerprint density at radius 2 is 1.68 bits per heavy atom. The lowest BCUT2D eigenvalue weighted by Crippen LogP contribution is -2.08. The quantitative estimate of drug-likeness (QED) is 0.875. The molecule has 0 aliphatic carbocycles. The molecular weight excluding hydrogens is 298 g/mol. The average Bonchev–Trinajstić information content (AvgIpc) is 2.57. The van der Waals surface area contributed by atoms with Gasteiger partial charge in [0, 0.05) is 17.4 Å². The summed E-state index contributed by atoms with van der Waals surface area (Å²) < 4.78 is 10.3. The van der Waals surface area contributed by atoms with Crippen LogP contribution in [0.4, 0.5) is 5.69 Å². The minimum absolute atomic E-state index is 0.165. The molecule has 1 aliphatic rings. The smallest absolute Gasteiger partial charge is 0.207 e. The lowest BCUT2D eigenvalue weighted by molar-refractivity contribution is 0.108. The van der Waals surface area contributed by atoms with Crippen LogP contribution >= 0.6 is 10.9 Å². The number of benzene rings is 2. The molecule has 3 rings (SSSR count). The molecule has 0 N–H and O–H groups in total. The summed E-state index contributed by atoms with van der Waals surface area (Å²) in [7, 11) is 2.31.